The Morgan fingerprint density at radius 3 is 3.00 bits per heavy atom. The molecule has 0 bridgehead atoms. The maximum Gasteiger partial charge on any atom is 0.140 e. The lowest BCUT2D eigenvalue weighted by Gasteiger charge is -2.11. The summed E-state index contributed by atoms with van der Waals surface area (Å²) < 4.78 is 5.64. The first kappa shape index (κ1) is 11.9. The molecule has 15 heavy (non-hydrogen) atoms. The van der Waals surface area contributed by atoms with E-state index in [1.807, 2.05) is 18.2 Å². The van der Waals surface area contributed by atoms with Crippen molar-refractivity contribution in [3.8, 4) is 0 Å². The van der Waals surface area contributed by atoms with Crippen molar-refractivity contribution in [1.82, 2.24) is 4.98 Å². The van der Waals surface area contributed by atoms with Gasteiger partial charge in [-0.1, -0.05) is 19.4 Å². The largest absolute Gasteiger partial charge is 0.372 e. The summed E-state index contributed by atoms with van der Waals surface area (Å²) >= 11 is 0. The molecule has 0 saturated heterocycles. The van der Waals surface area contributed by atoms with Crippen LogP contribution in [-0.4, -0.2) is 11.1 Å². The minimum Gasteiger partial charge on any atom is -0.372 e. The van der Waals surface area contributed by atoms with Crippen LogP contribution in [0, 0.1) is 0 Å². The predicted molar refractivity (Wildman–Crippen MR) is 61.2 cm³/mol. The van der Waals surface area contributed by atoms with Gasteiger partial charge in [-0.15, -0.1) is 0 Å². The topological polar surface area (TPSA) is 60.2 Å². The van der Waals surface area contributed by atoms with E-state index >= 15 is 0 Å². The molecule has 4 heteroatoms. The van der Waals surface area contributed by atoms with E-state index in [1.165, 1.54) is 0 Å². The summed E-state index contributed by atoms with van der Waals surface area (Å²) in [6.07, 6.45) is 2.50. The third-order valence-corrected chi connectivity index (χ3v) is 2.17. The molecule has 1 heterocycles. The number of hydrazine groups is 1. The molecular formula is C11H19N3O. The van der Waals surface area contributed by atoms with Gasteiger partial charge in [0.25, 0.3) is 0 Å². The van der Waals surface area contributed by atoms with Crippen LogP contribution in [0.3, 0.4) is 0 Å². The number of rotatable bonds is 6. The average molecular weight is 209 g/mol. The number of hydrogen-bond acceptors (Lipinski definition) is 4. The molecule has 3 N–H and O–H groups in total. The smallest absolute Gasteiger partial charge is 0.140 e. The summed E-state index contributed by atoms with van der Waals surface area (Å²) in [5, 5.41) is 0. The van der Waals surface area contributed by atoms with Gasteiger partial charge in [0.05, 0.1) is 18.4 Å². The van der Waals surface area contributed by atoms with Crippen molar-refractivity contribution in [3.63, 3.8) is 0 Å². The number of nitrogens with two attached hydrogens (primary N) is 1. The minimum absolute atomic E-state index is 0.284. The fourth-order valence-electron chi connectivity index (χ4n) is 1.36. The summed E-state index contributed by atoms with van der Waals surface area (Å²) in [6, 6.07) is 5.66. The molecule has 1 atom stereocenters. The zero-order valence-electron chi connectivity index (χ0n) is 9.36. The van der Waals surface area contributed by atoms with Crippen LogP contribution in [0.1, 0.15) is 32.4 Å². The maximum absolute atomic E-state index is 5.64. The molecule has 4 nitrogen and oxygen atoms in total. The van der Waals surface area contributed by atoms with Crippen molar-refractivity contribution in [1.29, 1.82) is 0 Å². The molecule has 0 aliphatic carbocycles. The zero-order chi connectivity index (χ0) is 11.1. The molecule has 1 aromatic heterocycles. The van der Waals surface area contributed by atoms with Crippen molar-refractivity contribution < 1.29 is 4.74 Å². The van der Waals surface area contributed by atoms with Crippen LogP contribution in [0.25, 0.3) is 0 Å². The van der Waals surface area contributed by atoms with Crippen LogP contribution in [0.5, 0.6) is 0 Å². The zero-order valence-corrected chi connectivity index (χ0v) is 9.36. The molecule has 0 fully saturated rings. The van der Waals surface area contributed by atoms with Crippen molar-refractivity contribution >= 4 is 5.82 Å². The molecule has 0 aliphatic heterocycles. The van der Waals surface area contributed by atoms with Crippen LogP contribution >= 0.6 is 0 Å². The van der Waals surface area contributed by atoms with Gasteiger partial charge in [0.2, 0.25) is 0 Å². The number of nitrogens with one attached hydrogen (secondary N) is 1. The molecule has 0 amide bonds. The van der Waals surface area contributed by atoms with E-state index < -0.39 is 0 Å². The summed E-state index contributed by atoms with van der Waals surface area (Å²) in [5.74, 6) is 5.94. The molecule has 0 radical (unpaired) electrons. The fraction of sp³-hybridized carbons (Fsp3) is 0.545. The standard InChI is InChI=1S/C11H19N3O/c1-3-5-9(2)15-8-10-6-4-7-11(13-10)14-12/h4,6-7,9H,3,5,8,12H2,1-2H3,(H,13,14). The first-order chi connectivity index (χ1) is 7.26. The molecular weight excluding hydrogens is 190 g/mol. The second-order valence-corrected chi connectivity index (χ2v) is 3.57. The minimum atomic E-state index is 0.284. The Morgan fingerprint density at radius 2 is 2.33 bits per heavy atom. The van der Waals surface area contributed by atoms with E-state index in [1.54, 1.807) is 0 Å². The molecule has 1 rings (SSSR count). The van der Waals surface area contributed by atoms with Crippen molar-refractivity contribution in [2.75, 3.05) is 5.43 Å². The Hall–Kier alpha value is -1.13. The monoisotopic (exact) mass is 209 g/mol. The summed E-state index contributed by atoms with van der Waals surface area (Å²) in [4.78, 5) is 4.26. The number of ether oxygens (including phenoxy) is 1. The predicted octanol–water partition coefficient (Wildman–Crippen LogP) is 2.07. The molecule has 1 unspecified atom stereocenters. The Bertz CT molecular complexity index is 291. The van der Waals surface area contributed by atoms with Gasteiger partial charge in [0, 0.05) is 0 Å². The van der Waals surface area contributed by atoms with E-state index in [2.05, 4.69) is 24.3 Å². The lowest BCUT2D eigenvalue weighted by atomic mass is 10.2. The fourth-order valence-corrected chi connectivity index (χ4v) is 1.36. The first-order valence-corrected chi connectivity index (χ1v) is 5.30. The van der Waals surface area contributed by atoms with Crippen molar-refractivity contribution in [2.24, 2.45) is 5.84 Å². The van der Waals surface area contributed by atoms with Gasteiger partial charge in [-0.2, -0.15) is 0 Å². The number of anilines is 1. The number of nitrogen functional groups attached to an aromatic ring is 1. The SMILES string of the molecule is CCCC(C)OCc1cccc(NN)n1. The molecule has 1 aromatic rings. The van der Waals surface area contributed by atoms with E-state index in [-0.39, 0.29) is 6.10 Å². The van der Waals surface area contributed by atoms with Gasteiger partial charge in [0.1, 0.15) is 5.82 Å². The van der Waals surface area contributed by atoms with Gasteiger partial charge >= 0.3 is 0 Å². The third-order valence-electron chi connectivity index (χ3n) is 2.17. The summed E-state index contributed by atoms with van der Waals surface area (Å²) in [6.45, 7) is 4.77. The summed E-state index contributed by atoms with van der Waals surface area (Å²) in [5.41, 5.74) is 3.41. The van der Waals surface area contributed by atoms with Gasteiger partial charge < -0.3 is 10.2 Å². The quantitative estimate of drug-likeness (QED) is 0.556. The van der Waals surface area contributed by atoms with E-state index in [4.69, 9.17) is 10.6 Å². The van der Waals surface area contributed by atoms with E-state index in [9.17, 15) is 0 Å². The Balaban J connectivity index is 2.43. The van der Waals surface area contributed by atoms with Gasteiger partial charge in [0.15, 0.2) is 0 Å². The van der Waals surface area contributed by atoms with E-state index in [0.29, 0.717) is 12.4 Å². The molecule has 0 spiro atoms. The van der Waals surface area contributed by atoms with Crippen molar-refractivity contribution in [3.05, 3.63) is 23.9 Å². The first-order valence-electron chi connectivity index (χ1n) is 5.30. The van der Waals surface area contributed by atoms with Gasteiger partial charge in [-0.05, 0) is 25.5 Å². The Morgan fingerprint density at radius 1 is 1.53 bits per heavy atom. The average Bonchev–Trinajstić information content (AvgIpc) is 2.27. The number of hydrogen-bond donors (Lipinski definition) is 2. The highest BCUT2D eigenvalue weighted by molar-refractivity contribution is 5.33. The molecule has 0 aliphatic rings. The molecule has 0 aromatic carbocycles. The number of pyridine rings is 1. The highest BCUT2D eigenvalue weighted by Crippen LogP contribution is 2.07. The second-order valence-electron chi connectivity index (χ2n) is 3.57. The normalized spacial score (nSPS) is 12.5. The molecule has 0 saturated carbocycles. The highest BCUT2D eigenvalue weighted by atomic mass is 16.5. The van der Waals surface area contributed by atoms with Gasteiger partial charge in [-0.25, -0.2) is 10.8 Å². The third kappa shape index (κ3) is 4.27. The van der Waals surface area contributed by atoms with Crippen LogP contribution < -0.4 is 11.3 Å². The van der Waals surface area contributed by atoms with E-state index in [0.717, 1.165) is 18.5 Å². The Kier molecular flexibility index (Phi) is 5.07. The number of aromatic nitrogens is 1. The lowest BCUT2D eigenvalue weighted by Crippen LogP contribution is -2.11. The maximum atomic E-state index is 5.64. The van der Waals surface area contributed by atoms with Crippen LogP contribution in [0.4, 0.5) is 5.82 Å². The van der Waals surface area contributed by atoms with Crippen LogP contribution in [-0.2, 0) is 11.3 Å². The molecule has 84 valence electrons. The van der Waals surface area contributed by atoms with Crippen LogP contribution in [0.15, 0.2) is 18.2 Å². The summed E-state index contributed by atoms with van der Waals surface area (Å²) in [7, 11) is 0. The second kappa shape index (κ2) is 6.37. The Labute approximate surface area is 90.8 Å². The lowest BCUT2D eigenvalue weighted by molar-refractivity contribution is 0.0453. The van der Waals surface area contributed by atoms with Crippen molar-refractivity contribution in [2.45, 2.75) is 39.4 Å². The highest BCUT2D eigenvalue weighted by Gasteiger charge is 2.02. The number of nitrogens with zero attached hydrogens (tertiary/aromatic N) is 1. The van der Waals surface area contributed by atoms with Crippen LogP contribution in [0.2, 0.25) is 0 Å². The van der Waals surface area contributed by atoms with Gasteiger partial charge in [-0.3, -0.25) is 0 Å².